The van der Waals surface area contributed by atoms with E-state index in [2.05, 4.69) is 20.3 Å². The van der Waals surface area contributed by atoms with Gasteiger partial charge in [0.2, 0.25) is 11.7 Å². The summed E-state index contributed by atoms with van der Waals surface area (Å²) < 4.78 is 16.1. The van der Waals surface area contributed by atoms with Crippen LogP contribution in [0.15, 0.2) is 18.2 Å². The second-order valence-electron chi connectivity index (χ2n) is 5.53. The number of hydrogen-bond acceptors (Lipinski definition) is 9. The highest BCUT2D eigenvalue weighted by Gasteiger charge is 2.15. The molecule has 0 atom stereocenters. The largest absolute Gasteiger partial charge is 0.493 e. The number of anilines is 4. The summed E-state index contributed by atoms with van der Waals surface area (Å²) in [7, 11) is 4.67. The lowest BCUT2D eigenvalue weighted by Crippen LogP contribution is -2.05. The molecule has 0 aliphatic heterocycles. The molecule has 136 valence electrons. The molecule has 0 radical (unpaired) electrons. The monoisotopic (exact) mass is 356 g/mol. The number of aromatic nitrogens is 3. The molecule has 5 N–H and O–H groups in total. The first kappa shape index (κ1) is 17.3. The molecule has 0 amide bonds. The Hall–Kier alpha value is -3.49. The molecule has 2 aromatic heterocycles. The predicted molar refractivity (Wildman–Crippen MR) is 100 cm³/mol. The predicted octanol–water partition coefficient (Wildman–Crippen LogP) is 2.27. The van der Waals surface area contributed by atoms with Crippen molar-refractivity contribution in [1.29, 1.82) is 0 Å². The van der Waals surface area contributed by atoms with Crippen LogP contribution < -0.4 is 31.0 Å². The van der Waals surface area contributed by atoms with Gasteiger partial charge in [0.05, 0.1) is 26.8 Å². The molecular weight excluding hydrogens is 336 g/mol. The van der Waals surface area contributed by atoms with E-state index in [1.165, 1.54) is 0 Å². The Balaban J connectivity index is 2.07. The Kier molecular flexibility index (Phi) is 4.53. The molecule has 0 unspecified atom stereocenters. The Labute approximate surface area is 150 Å². The minimum atomic E-state index is 0.113. The normalized spacial score (nSPS) is 10.6. The topological polar surface area (TPSA) is 130 Å². The standard InChI is InChI=1S/C17H20N6O3/c1-8-5-10-13(15(18)23-17(19)21-10)22-16(8)20-9-6-11(24-2)14(26-4)12(7-9)25-3/h5-7H,1-4H3,(H,20,22)(H4,18,19,21,23). The number of nitrogens with two attached hydrogens (primary N) is 2. The van der Waals surface area contributed by atoms with Crippen LogP contribution in [0.4, 0.5) is 23.3 Å². The number of ether oxygens (including phenoxy) is 3. The number of rotatable bonds is 5. The molecule has 0 spiro atoms. The van der Waals surface area contributed by atoms with Gasteiger partial charge < -0.3 is 31.0 Å². The molecular formula is C17H20N6O3. The fourth-order valence-electron chi connectivity index (χ4n) is 2.61. The highest BCUT2D eigenvalue weighted by atomic mass is 16.5. The number of nitrogens with zero attached hydrogens (tertiary/aromatic N) is 3. The van der Waals surface area contributed by atoms with Crippen molar-refractivity contribution in [3.63, 3.8) is 0 Å². The van der Waals surface area contributed by atoms with Crippen LogP contribution >= 0.6 is 0 Å². The van der Waals surface area contributed by atoms with Gasteiger partial charge in [-0.2, -0.15) is 4.98 Å². The van der Waals surface area contributed by atoms with Crippen LogP contribution in [0, 0.1) is 6.92 Å². The summed E-state index contributed by atoms with van der Waals surface area (Å²) in [6.07, 6.45) is 0. The Morgan fingerprint density at radius 3 is 2.12 bits per heavy atom. The first-order valence-corrected chi connectivity index (χ1v) is 7.74. The van der Waals surface area contributed by atoms with Gasteiger partial charge in [-0.3, -0.25) is 0 Å². The van der Waals surface area contributed by atoms with Crippen molar-refractivity contribution in [3.05, 3.63) is 23.8 Å². The fourth-order valence-corrected chi connectivity index (χ4v) is 2.61. The number of nitrogens with one attached hydrogen (secondary N) is 1. The van der Waals surface area contributed by atoms with Crippen LogP contribution in [0.2, 0.25) is 0 Å². The van der Waals surface area contributed by atoms with Crippen molar-refractivity contribution in [3.8, 4) is 17.2 Å². The van der Waals surface area contributed by atoms with Crippen LogP contribution in [0.3, 0.4) is 0 Å². The maximum atomic E-state index is 5.92. The molecule has 0 saturated carbocycles. The maximum Gasteiger partial charge on any atom is 0.222 e. The van der Waals surface area contributed by atoms with Crippen molar-refractivity contribution in [2.45, 2.75) is 6.92 Å². The number of hydrogen-bond donors (Lipinski definition) is 3. The van der Waals surface area contributed by atoms with Crippen molar-refractivity contribution in [2.24, 2.45) is 0 Å². The summed E-state index contributed by atoms with van der Waals surface area (Å²) in [5.74, 6) is 2.51. The molecule has 3 aromatic rings. The molecule has 26 heavy (non-hydrogen) atoms. The van der Waals surface area contributed by atoms with Gasteiger partial charge in [-0.05, 0) is 18.6 Å². The van der Waals surface area contributed by atoms with Gasteiger partial charge in [-0.1, -0.05) is 0 Å². The zero-order valence-electron chi connectivity index (χ0n) is 15.0. The SMILES string of the molecule is COc1cc(Nc2nc3c(N)nc(N)nc3cc2C)cc(OC)c1OC. The third kappa shape index (κ3) is 3.06. The minimum Gasteiger partial charge on any atom is -0.493 e. The van der Waals surface area contributed by atoms with E-state index in [1.807, 2.05) is 13.0 Å². The van der Waals surface area contributed by atoms with E-state index in [0.717, 1.165) is 5.56 Å². The van der Waals surface area contributed by atoms with Crippen LogP contribution in [0.25, 0.3) is 11.0 Å². The van der Waals surface area contributed by atoms with Crippen LogP contribution in [0.5, 0.6) is 17.2 Å². The second kappa shape index (κ2) is 6.79. The first-order valence-electron chi connectivity index (χ1n) is 7.74. The lowest BCUT2D eigenvalue weighted by Gasteiger charge is -2.16. The molecule has 0 saturated heterocycles. The van der Waals surface area contributed by atoms with E-state index >= 15 is 0 Å². The zero-order valence-corrected chi connectivity index (χ0v) is 15.0. The number of fused-ring (bicyclic) bond motifs is 1. The van der Waals surface area contributed by atoms with Crippen molar-refractivity contribution in [2.75, 3.05) is 38.1 Å². The third-order valence-corrected chi connectivity index (χ3v) is 3.83. The van der Waals surface area contributed by atoms with Crippen molar-refractivity contribution < 1.29 is 14.2 Å². The fraction of sp³-hybridized carbons (Fsp3) is 0.235. The quantitative estimate of drug-likeness (QED) is 0.630. The summed E-state index contributed by atoms with van der Waals surface area (Å²) in [6, 6.07) is 5.42. The van der Waals surface area contributed by atoms with Gasteiger partial charge in [0.1, 0.15) is 11.3 Å². The second-order valence-corrected chi connectivity index (χ2v) is 5.53. The highest BCUT2D eigenvalue weighted by Crippen LogP contribution is 2.40. The average molecular weight is 356 g/mol. The lowest BCUT2D eigenvalue weighted by atomic mass is 10.2. The number of methoxy groups -OCH3 is 3. The summed E-state index contributed by atoms with van der Waals surface area (Å²) in [6.45, 7) is 1.90. The summed E-state index contributed by atoms with van der Waals surface area (Å²) >= 11 is 0. The van der Waals surface area contributed by atoms with Gasteiger partial charge in [0, 0.05) is 17.8 Å². The van der Waals surface area contributed by atoms with E-state index < -0.39 is 0 Å². The number of aryl methyl sites for hydroxylation is 1. The van der Waals surface area contributed by atoms with Gasteiger partial charge in [-0.25, -0.2) is 9.97 Å². The summed E-state index contributed by atoms with van der Waals surface area (Å²) in [5, 5.41) is 3.24. The molecule has 9 nitrogen and oxygen atoms in total. The molecule has 3 rings (SSSR count). The van der Waals surface area contributed by atoms with E-state index in [1.54, 1.807) is 33.5 Å². The molecule has 0 aliphatic carbocycles. The van der Waals surface area contributed by atoms with Gasteiger partial charge in [0.25, 0.3) is 0 Å². The van der Waals surface area contributed by atoms with Crippen molar-refractivity contribution in [1.82, 2.24) is 15.0 Å². The minimum absolute atomic E-state index is 0.113. The van der Waals surface area contributed by atoms with E-state index in [-0.39, 0.29) is 11.8 Å². The zero-order chi connectivity index (χ0) is 18.8. The van der Waals surface area contributed by atoms with Crippen molar-refractivity contribution >= 4 is 34.3 Å². The lowest BCUT2D eigenvalue weighted by molar-refractivity contribution is 0.324. The van der Waals surface area contributed by atoms with E-state index in [9.17, 15) is 0 Å². The molecule has 1 aromatic carbocycles. The third-order valence-electron chi connectivity index (χ3n) is 3.83. The molecule has 2 heterocycles. The van der Waals surface area contributed by atoms with Crippen LogP contribution in [-0.4, -0.2) is 36.3 Å². The molecule has 0 aliphatic rings. The summed E-state index contributed by atoms with van der Waals surface area (Å²) in [5.41, 5.74) is 14.2. The Bertz CT molecular complexity index is 951. The molecule has 0 fully saturated rings. The van der Waals surface area contributed by atoms with Crippen LogP contribution in [-0.2, 0) is 0 Å². The molecule has 0 bridgehead atoms. The number of benzene rings is 1. The maximum absolute atomic E-state index is 5.92. The first-order chi connectivity index (χ1) is 12.5. The van der Waals surface area contributed by atoms with E-state index in [4.69, 9.17) is 25.7 Å². The smallest absolute Gasteiger partial charge is 0.222 e. The van der Waals surface area contributed by atoms with Gasteiger partial charge >= 0.3 is 0 Å². The van der Waals surface area contributed by atoms with Crippen LogP contribution in [0.1, 0.15) is 5.56 Å². The molecule has 9 heteroatoms. The Morgan fingerprint density at radius 2 is 1.54 bits per heavy atom. The highest BCUT2D eigenvalue weighted by molar-refractivity contribution is 5.87. The number of nitrogen functional groups attached to an aromatic ring is 2. The number of pyridine rings is 1. The van der Waals surface area contributed by atoms with Gasteiger partial charge in [-0.15, -0.1) is 0 Å². The summed E-state index contributed by atoms with van der Waals surface area (Å²) in [4.78, 5) is 12.7. The van der Waals surface area contributed by atoms with Gasteiger partial charge in [0.15, 0.2) is 17.3 Å². The Morgan fingerprint density at radius 1 is 0.885 bits per heavy atom. The average Bonchev–Trinajstić information content (AvgIpc) is 2.61. The van der Waals surface area contributed by atoms with E-state index in [0.29, 0.717) is 39.8 Å².